The van der Waals surface area contributed by atoms with Crippen LogP contribution in [-0.2, 0) is 19.1 Å². The zero-order chi connectivity index (χ0) is 21.2. The maximum Gasteiger partial charge on any atom is 0.309 e. The third-order valence-corrected chi connectivity index (χ3v) is 5.29. The van der Waals surface area contributed by atoms with Crippen molar-refractivity contribution in [2.75, 3.05) is 24.4 Å². The number of benzene rings is 1. The molecule has 160 valence electrons. The zero-order valence-electron chi connectivity index (χ0n) is 17.6. The molecule has 0 bridgehead atoms. The maximum atomic E-state index is 12.3. The Balaban J connectivity index is 1.82. The van der Waals surface area contributed by atoms with Gasteiger partial charge in [0, 0.05) is 12.6 Å². The second kappa shape index (κ2) is 11.4. The molecule has 1 aliphatic rings. The lowest BCUT2D eigenvalue weighted by molar-refractivity contribution is -0.152. The van der Waals surface area contributed by atoms with Crippen molar-refractivity contribution >= 4 is 29.2 Å². The fraction of sp³-hybridized carbons (Fsp3) is 0.591. The fourth-order valence-corrected chi connectivity index (χ4v) is 3.71. The highest BCUT2D eigenvalue weighted by Crippen LogP contribution is 2.32. The third-order valence-electron chi connectivity index (χ3n) is 5.29. The van der Waals surface area contributed by atoms with Crippen molar-refractivity contribution in [3.05, 3.63) is 18.2 Å². The van der Waals surface area contributed by atoms with Crippen LogP contribution in [0.15, 0.2) is 18.2 Å². The highest BCUT2D eigenvalue weighted by Gasteiger charge is 2.27. The molecule has 0 radical (unpaired) electrons. The molecule has 0 saturated heterocycles. The Bertz CT molecular complexity index is 711. The molecule has 29 heavy (non-hydrogen) atoms. The summed E-state index contributed by atoms with van der Waals surface area (Å²) in [5.41, 5.74) is 0.932. The van der Waals surface area contributed by atoms with Crippen LogP contribution >= 0.6 is 0 Å². The Morgan fingerprint density at radius 1 is 1.10 bits per heavy atom. The first kappa shape index (κ1) is 22.7. The first-order valence-electron chi connectivity index (χ1n) is 10.3. The molecule has 2 amide bonds. The monoisotopic (exact) mass is 404 g/mol. The molecule has 0 aromatic heterocycles. The van der Waals surface area contributed by atoms with E-state index in [1.807, 2.05) is 0 Å². The number of ether oxygens (including phenoxy) is 2. The lowest BCUT2D eigenvalue weighted by Crippen LogP contribution is -2.27. The standard InChI is InChI=1S/C22H32N2O5/c1-4-5-6-16-7-9-17(10-8-16)22(27)29-14-21(26)24-19-13-18(23-15(2)25)11-12-20(19)28-3/h11-13,16-17H,4-10,14H2,1-3H3,(H,23,25)(H,24,26). The van der Waals surface area contributed by atoms with Gasteiger partial charge in [0.1, 0.15) is 5.75 Å². The van der Waals surface area contributed by atoms with E-state index in [1.165, 1.54) is 33.3 Å². The number of unbranched alkanes of at least 4 members (excludes halogenated alkanes) is 1. The van der Waals surface area contributed by atoms with Gasteiger partial charge >= 0.3 is 5.97 Å². The highest BCUT2D eigenvalue weighted by atomic mass is 16.5. The second-order valence-corrected chi connectivity index (χ2v) is 7.61. The summed E-state index contributed by atoms with van der Waals surface area (Å²) in [7, 11) is 1.49. The SMILES string of the molecule is CCCCC1CCC(C(=O)OCC(=O)Nc2cc(NC(C)=O)ccc2OC)CC1. The van der Waals surface area contributed by atoms with E-state index >= 15 is 0 Å². The van der Waals surface area contributed by atoms with Gasteiger partial charge in [0.25, 0.3) is 5.91 Å². The first-order chi connectivity index (χ1) is 13.9. The van der Waals surface area contributed by atoms with Crippen molar-refractivity contribution in [2.45, 2.75) is 58.8 Å². The van der Waals surface area contributed by atoms with Gasteiger partial charge in [-0.1, -0.05) is 26.2 Å². The molecule has 1 aliphatic carbocycles. The van der Waals surface area contributed by atoms with E-state index in [9.17, 15) is 14.4 Å². The summed E-state index contributed by atoms with van der Waals surface area (Å²) in [5, 5.41) is 5.32. The lowest BCUT2D eigenvalue weighted by atomic mass is 9.80. The summed E-state index contributed by atoms with van der Waals surface area (Å²) in [5.74, 6) is 0.0836. The van der Waals surface area contributed by atoms with Gasteiger partial charge in [0.15, 0.2) is 6.61 Å². The number of hydrogen-bond donors (Lipinski definition) is 2. The van der Waals surface area contributed by atoms with Crippen LogP contribution < -0.4 is 15.4 Å². The maximum absolute atomic E-state index is 12.3. The molecular formula is C22H32N2O5. The minimum absolute atomic E-state index is 0.113. The second-order valence-electron chi connectivity index (χ2n) is 7.61. The average molecular weight is 405 g/mol. The molecule has 2 rings (SSSR count). The number of carbonyl (C=O) groups excluding carboxylic acids is 3. The third kappa shape index (κ3) is 7.40. The molecule has 0 unspecified atom stereocenters. The summed E-state index contributed by atoms with van der Waals surface area (Å²) in [6.45, 7) is 3.25. The van der Waals surface area contributed by atoms with Crippen LogP contribution in [0, 0.1) is 11.8 Å². The first-order valence-corrected chi connectivity index (χ1v) is 10.3. The molecule has 1 saturated carbocycles. The van der Waals surface area contributed by atoms with Crippen molar-refractivity contribution in [2.24, 2.45) is 11.8 Å². The van der Waals surface area contributed by atoms with Gasteiger partial charge in [0.05, 0.1) is 18.7 Å². The van der Waals surface area contributed by atoms with Crippen molar-refractivity contribution in [1.82, 2.24) is 0 Å². The van der Waals surface area contributed by atoms with Gasteiger partial charge in [-0.3, -0.25) is 14.4 Å². The van der Waals surface area contributed by atoms with Crippen molar-refractivity contribution in [1.29, 1.82) is 0 Å². The molecule has 1 fully saturated rings. The van der Waals surface area contributed by atoms with Crippen LogP contribution in [0.1, 0.15) is 58.8 Å². The number of nitrogens with one attached hydrogen (secondary N) is 2. The van der Waals surface area contributed by atoms with Crippen LogP contribution in [0.3, 0.4) is 0 Å². The summed E-state index contributed by atoms with van der Waals surface area (Å²) < 4.78 is 10.5. The number of methoxy groups -OCH3 is 1. The van der Waals surface area contributed by atoms with E-state index < -0.39 is 5.91 Å². The van der Waals surface area contributed by atoms with Gasteiger partial charge < -0.3 is 20.1 Å². The predicted octanol–water partition coefficient (Wildman–Crippen LogP) is 4.13. The van der Waals surface area contributed by atoms with Crippen LogP contribution in [0.2, 0.25) is 0 Å². The van der Waals surface area contributed by atoms with Gasteiger partial charge in [-0.25, -0.2) is 0 Å². The molecule has 0 aliphatic heterocycles. The van der Waals surface area contributed by atoms with E-state index in [4.69, 9.17) is 9.47 Å². The number of hydrogen-bond acceptors (Lipinski definition) is 5. The topological polar surface area (TPSA) is 93.7 Å². The summed E-state index contributed by atoms with van der Waals surface area (Å²) in [6.07, 6.45) is 7.46. The fourth-order valence-electron chi connectivity index (χ4n) is 3.71. The Morgan fingerprint density at radius 3 is 2.45 bits per heavy atom. The Hall–Kier alpha value is -2.57. The van der Waals surface area contributed by atoms with E-state index in [0.29, 0.717) is 23.0 Å². The molecular weight excluding hydrogens is 372 g/mol. The van der Waals surface area contributed by atoms with E-state index in [-0.39, 0.29) is 24.4 Å². The Morgan fingerprint density at radius 2 is 1.83 bits per heavy atom. The molecule has 1 aromatic carbocycles. The van der Waals surface area contributed by atoms with E-state index in [2.05, 4.69) is 17.6 Å². The summed E-state index contributed by atoms with van der Waals surface area (Å²) >= 11 is 0. The van der Waals surface area contributed by atoms with Gasteiger partial charge in [-0.2, -0.15) is 0 Å². The minimum atomic E-state index is -0.451. The van der Waals surface area contributed by atoms with E-state index in [1.54, 1.807) is 18.2 Å². The molecule has 0 atom stereocenters. The number of esters is 1. The van der Waals surface area contributed by atoms with Crippen LogP contribution in [-0.4, -0.2) is 31.5 Å². The smallest absolute Gasteiger partial charge is 0.309 e. The van der Waals surface area contributed by atoms with Crippen molar-refractivity contribution in [3.63, 3.8) is 0 Å². The Kier molecular flexibility index (Phi) is 8.96. The zero-order valence-corrected chi connectivity index (χ0v) is 17.6. The number of anilines is 2. The van der Waals surface area contributed by atoms with Gasteiger partial charge in [-0.15, -0.1) is 0 Å². The Labute approximate surface area is 172 Å². The number of carbonyl (C=O) groups is 3. The van der Waals surface area contributed by atoms with Crippen LogP contribution in [0.5, 0.6) is 5.75 Å². The van der Waals surface area contributed by atoms with Gasteiger partial charge in [-0.05, 0) is 49.8 Å². The quantitative estimate of drug-likeness (QED) is 0.604. The summed E-state index contributed by atoms with van der Waals surface area (Å²) in [6, 6.07) is 4.91. The predicted molar refractivity (Wildman–Crippen MR) is 112 cm³/mol. The molecule has 1 aromatic rings. The molecule has 0 heterocycles. The minimum Gasteiger partial charge on any atom is -0.495 e. The van der Waals surface area contributed by atoms with Crippen LogP contribution in [0.25, 0.3) is 0 Å². The van der Waals surface area contributed by atoms with Crippen LogP contribution in [0.4, 0.5) is 11.4 Å². The van der Waals surface area contributed by atoms with Crippen molar-refractivity contribution in [3.8, 4) is 5.75 Å². The lowest BCUT2D eigenvalue weighted by Gasteiger charge is -2.27. The largest absolute Gasteiger partial charge is 0.495 e. The highest BCUT2D eigenvalue weighted by molar-refractivity contribution is 5.96. The van der Waals surface area contributed by atoms with Crippen molar-refractivity contribution < 1.29 is 23.9 Å². The van der Waals surface area contributed by atoms with Gasteiger partial charge in [0.2, 0.25) is 5.91 Å². The van der Waals surface area contributed by atoms with E-state index in [0.717, 1.165) is 25.7 Å². The molecule has 2 N–H and O–H groups in total. The molecule has 7 heteroatoms. The molecule has 7 nitrogen and oxygen atoms in total. The number of amides is 2. The average Bonchev–Trinajstić information content (AvgIpc) is 2.70. The summed E-state index contributed by atoms with van der Waals surface area (Å²) in [4.78, 5) is 35.8. The number of rotatable bonds is 9. The molecule has 0 spiro atoms. The normalized spacial score (nSPS) is 18.6.